The maximum atomic E-state index is 11.7. The van der Waals surface area contributed by atoms with Crippen LogP contribution in [0.25, 0.3) is 11.1 Å². The first-order chi connectivity index (χ1) is 8.63. The Morgan fingerprint density at radius 3 is 2.67 bits per heavy atom. The lowest BCUT2D eigenvalue weighted by molar-refractivity contribution is 0.0533. The molecule has 1 aromatic carbocycles. The van der Waals surface area contributed by atoms with Gasteiger partial charge in [0.1, 0.15) is 4.88 Å². The summed E-state index contributed by atoms with van der Waals surface area (Å²) in [6.45, 7) is 2.11. The number of esters is 1. The van der Waals surface area contributed by atoms with Crippen molar-refractivity contribution in [2.24, 2.45) is 0 Å². The molecule has 0 radical (unpaired) electrons. The van der Waals surface area contributed by atoms with Gasteiger partial charge < -0.3 is 10.5 Å². The molecular weight excluding hydrogens is 270 g/mol. The van der Waals surface area contributed by atoms with Crippen molar-refractivity contribution >= 4 is 34.6 Å². The molecule has 18 heavy (non-hydrogen) atoms. The van der Waals surface area contributed by atoms with Gasteiger partial charge in [-0.15, -0.1) is 11.3 Å². The number of carbonyl (C=O) groups is 1. The summed E-state index contributed by atoms with van der Waals surface area (Å²) in [6, 6.07) is 7.32. The van der Waals surface area contributed by atoms with Gasteiger partial charge in [-0.2, -0.15) is 0 Å². The topological polar surface area (TPSA) is 52.3 Å². The van der Waals surface area contributed by atoms with E-state index in [2.05, 4.69) is 0 Å². The van der Waals surface area contributed by atoms with E-state index in [9.17, 15) is 4.79 Å². The molecule has 2 N–H and O–H groups in total. The van der Waals surface area contributed by atoms with Crippen LogP contribution in [0.3, 0.4) is 0 Å². The summed E-state index contributed by atoms with van der Waals surface area (Å²) in [5.41, 5.74) is 8.21. The Morgan fingerprint density at radius 1 is 1.39 bits per heavy atom. The first kappa shape index (κ1) is 12.9. The molecule has 0 aliphatic rings. The number of carbonyl (C=O) groups excluding carboxylic acids is 1. The van der Waals surface area contributed by atoms with E-state index >= 15 is 0 Å². The van der Waals surface area contributed by atoms with E-state index in [0.717, 1.165) is 11.1 Å². The molecular formula is C13H12ClNO2S. The van der Waals surface area contributed by atoms with Crippen molar-refractivity contribution in [1.82, 2.24) is 0 Å². The fraction of sp³-hybridized carbons (Fsp3) is 0.154. The zero-order chi connectivity index (χ0) is 13.1. The zero-order valence-electron chi connectivity index (χ0n) is 9.77. The average Bonchev–Trinajstić information content (AvgIpc) is 2.73. The molecule has 5 heteroatoms. The van der Waals surface area contributed by atoms with Gasteiger partial charge in [0.15, 0.2) is 0 Å². The third-order valence-corrected chi connectivity index (χ3v) is 3.67. The highest BCUT2D eigenvalue weighted by molar-refractivity contribution is 7.13. The summed E-state index contributed by atoms with van der Waals surface area (Å²) in [6.07, 6.45) is 0. The minimum Gasteiger partial charge on any atom is -0.462 e. The van der Waals surface area contributed by atoms with Crippen molar-refractivity contribution < 1.29 is 9.53 Å². The van der Waals surface area contributed by atoms with E-state index in [1.165, 1.54) is 11.3 Å². The number of rotatable bonds is 3. The molecule has 3 nitrogen and oxygen atoms in total. The molecule has 0 spiro atoms. The number of anilines is 1. The van der Waals surface area contributed by atoms with Crippen molar-refractivity contribution in [1.29, 1.82) is 0 Å². The molecule has 0 unspecified atom stereocenters. The van der Waals surface area contributed by atoms with Crippen LogP contribution in [-0.4, -0.2) is 12.6 Å². The highest BCUT2D eigenvalue weighted by atomic mass is 35.5. The Morgan fingerprint density at radius 2 is 2.06 bits per heavy atom. The third kappa shape index (κ3) is 2.49. The van der Waals surface area contributed by atoms with Gasteiger partial charge in [0.05, 0.1) is 12.3 Å². The Balaban J connectivity index is 2.36. The summed E-state index contributed by atoms with van der Waals surface area (Å²) in [5, 5.41) is 2.52. The van der Waals surface area contributed by atoms with E-state index in [-0.39, 0.29) is 5.97 Å². The van der Waals surface area contributed by atoms with Gasteiger partial charge >= 0.3 is 5.97 Å². The van der Waals surface area contributed by atoms with Crippen LogP contribution in [0.1, 0.15) is 16.6 Å². The smallest absolute Gasteiger partial charge is 0.350 e. The van der Waals surface area contributed by atoms with Crippen molar-refractivity contribution in [3.8, 4) is 11.1 Å². The number of hydrogen-bond acceptors (Lipinski definition) is 4. The predicted octanol–water partition coefficient (Wildman–Crippen LogP) is 3.83. The van der Waals surface area contributed by atoms with Crippen LogP contribution in [0.5, 0.6) is 0 Å². The first-order valence-electron chi connectivity index (χ1n) is 5.43. The summed E-state index contributed by atoms with van der Waals surface area (Å²) in [4.78, 5) is 12.1. The highest BCUT2D eigenvalue weighted by Gasteiger charge is 2.17. The monoisotopic (exact) mass is 281 g/mol. The Bertz CT molecular complexity index is 563. The summed E-state index contributed by atoms with van der Waals surface area (Å²) in [7, 11) is 0. The second-order valence-corrected chi connectivity index (χ2v) is 4.94. The summed E-state index contributed by atoms with van der Waals surface area (Å²) in [5.74, 6) is -0.375. The number of nitrogen functional groups attached to an aromatic ring is 1. The minimum absolute atomic E-state index is 0.340. The van der Waals surface area contributed by atoms with Crippen LogP contribution in [0.4, 0.5) is 5.69 Å². The van der Waals surface area contributed by atoms with Gasteiger partial charge in [-0.1, -0.05) is 23.7 Å². The second-order valence-electron chi connectivity index (χ2n) is 3.62. The van der Waals surface area contributed by atoms with Crippen LogP contribution in [0.15, 0.2) is 29.6 Å². The highest BCUT2D eigenvalue weighted by Crippen LogP contribution is 2.34. The van der Waals surface area contributed by atoms with Gasteiger partial charge in [-0.05, 0) is 24.6 Å². The summed E-state index contributed by atoms with van der Waals surface area (Å²) >= 11 is 7.12. The molecule has 0 saturated heterocycles. The number of ether oxygens (including phenoxy) is 1. The van der Waals surface area contributed by atoms with Crippen molar-refractivity contribution in [3.05, 3.63) is 39.5 Å². The predicted molar refractivity (Wildman–Crippen MR) is 75.1 cm³/mol. The maximum absolute atomic E-state index is 11.7. The summed E-state index contributed by atoms with van der Waals surface area (Å²) < 4.78 is 4.95. The van der Waals surface area contributed by atoms with Crippen molar-refractivity contribution in [3.63, 3.8) is 0 Å². The normalized spacial score (nSPS) is 10.3. The molecule has 1 heterocycles. The zero-order valence-corrected chi connectivity index (χ0v) is 11.3. The molecule has 0 saturated carbocycles. The molecule has 2 rings (SSSR count). The molecule has 0 aliphatic carbocycles. The van der Waals surface area contributed by atoms with Crippen molar-refractivity contribution in [2.75, 3.05) is 12.3 Å². The maximum Gasteiger partial charge on any atom is 0.350 e. The van der Waals surface area contributed by atoms with Gasteiger partial charge in [0.2, 0.25) is 0 Å². The SMILES string of the molecule is CCOC(=O)c1scc(-c2ccc(Cl)cc2)c1N. The Labute approximate surface area is 114 Å². The molecule has 94 valence electrons. The van der Waals surface area contributed by atoms with Gasteiger partial charge in [0, 0.05) is 16.0 Å². The number of halogens is 1. The van der Waals surface area contributed by atoms with Crippen LogP contribution in [-0.2, 0) is 4.74 Å². The van der Waals surface area contributed by atoms with Crippen LogP contribution in [0, 0.1) is 0 Å². The van der Waals surface area contributed by atoms with E-state index in [1.54, 1.807) is 19.1 Å². The minimum atomic E-state index is -0.375. The first-order valence-corrected chi connectivity index (χ1v) is 6.69. The number of benzene rings is 1. The van der Waals surface area contributed by atoms with Gasteiger partial charge in [0.25, 0.3) is 0 Å². The largest absolute Gasteiger partial charge is 0.462 e. The van der Waals surface area contributed by atoms with Crippen LogP contribution >= 0.6 is 22.9 Å². The average molecular weight is 282 g/mol. The van der Waals surface area contributed by atoms with Crippen molar-refractivity contribution in [2.45, 2.75) is 6.92 Å². The Kier molecular flexibility index (Phi) is 3.89. The molecule has 0 bridgehead atoms. The number of hydrogen-bond donors (Lipinski definition) is 1. The van der Waals surface area contributed by atoms with Crippen LogP contribution < -0.4 is 5.73 Å². The quantitative estimate of drug-likeness (QED) is 0.870. The fourth-order valence-corrected chi connectivity index (χ4v) is 2.59. The van der Waals surface area contributed by atoms with Gasteiger partial charge in [-0.25, -0.2) is 4.79 Å². The van der Waals surface area contributed by atoms with E-state index in [4.69, 9.17) is 22.1 Å². The molecule has 0 atom stereocenters. The molecule has 0 fully saturated rings. The lowest BCUT2D eigenvalue weighted by Gasteiger charge is -2.03. The van der Waals surface area contributed by atoms with E-state index < -0.39 is 0 Å². The Hall–Kier alpha value is -1.52. The van der Waals surface area contributed by atoms with E-state index in [0.29, 0.717) is 22.2 Å². The number of nitrogens with two attached hydrogens (primary N) is 1. The van der Waals surface area contributed by atoms with E-state index in [1.807, 2.05) is 17.5 Å². The second kappa shape index (κ2) is 5.42. The number of thiophene rings is 1. The lowest BCUT2D eigenvalue weighted by Crippen LogP contribution is -2.05. The third-order valence-electron chi connectivity index (χ3n) is 2.45. The fourth-order valence-electron chi connectivity index (χ4n) is 1.57. The van der Waals surface area contributed by atoms with Gasteiger partial charge in [-0.3, -0.25) is 0 Å². The van der Waals surface area contributed by atoms with Crippen LogP contribution in [0.2, 0.25) is 5.02 Å². The molecule has 0 aliphatic heterocycles. The standard InChI is InChI=1S/C13H12ClNO2S/c1-2-17-13(16)12-11(15)10(7-18-12)8-3-5-9(14)6-4-8/h3-7H,2,15H2,1H3. The molecule has 1 aromatic heterocycles. The molecule has 2 aromatic rings. The molecule has 0 amide bonds. The lowest BCUT2D eigenvalue weighted by atomic mass is 10.1.